The van der Waals surface area contributed by atoms with Crippen molar-refractivity contribution in [1.82, 2.24) is 5.32 Å². The molecule has 0 bridgehead atoms. The number of nitrogens with one attached hydrogen (secondary N) is 1. The zero-order valence-electron chi connectivity index (χ0n) is 10.2. The third-order valence-corrected chi connectivity index (χ3v) is 3.55. The second kappa shape index (κ2) is 4.19. The number of hydrogen-bond acceptors (Lipinski definition) is 2. The molecule has 1 aliphatic carbocycles. The van der Waals surface area contributed by atoms with Gasteiger partial charge in [0.2, 0.25) is 0 Å². The van der Waals surface area contributed by atoms with Gasteiger partial charge in [-0.05, 0) is 31.1 Å². The summed E-state index contributed by atoms with van der Waals surface area (Å²) in [5, 5.41) is 3.66. The fourth-order valence-corrected chi connectivity index (χ4v) is 2.43. The minimum absolute atomic E-state index is 0.226. The third-order valence-electron chi connectivity index (χ3n) is 3.55. The normalized spacial score (nSPS) is 25.3. The van der Waals surface area contributed by atoms with Crippen LogP contribution < -0.4 is 11.1 Å². The SMILES string of the molecule is CC(C)NC1(CN)CCC(C)(C)CC1. The molecule has 3 N–H and O–H groups in total. The minimum Gasteiger partial charge on any atom is -0.329 e. The van der Waals surface area contributed by atoms with Crippen LogP contribution in [0.4, 0.5) is 0 Å². The van der Waals surface area contributed by atoms with Crippen molar-refractivity contribution >= 4 is 0 Å². The Morgan fingerprint density at radius 3 is 2.00 bits per heavy atom. The molecule has 0 saturated heterocycles. The molecule has 0 radical (unpaired) electrons. The van der Waals surface area contributed by atoms with Gasteiger partial charge in [-0.2, -0.15) is 0 Å². The summed E-state index contributed by atoms with van der Waals surface area (Å²) in [6, 6.07) is 0.541. The molecule has 1 aliphatic rings. The third kappa shape index (κ3) is 2.96. The van der Waals surface area contributed by atoms with Crippen molar-refractivity contribution in [3.05, 3.63) is 0 Å². The molecule has 0 atom stereocenters. The molecule has 1 rings (SSSR count). The molecular formula is C12H26N2. The summed E-state index contributed by atoms with van der Waals surface area (Å²) in [7, 11) is 0. The summed E-state index contributed by atoms with van der Waals surface area (Å²) < 4.78 is 0. The molecule has 0 amide bonds. The second-order valence-corrected chi connectivity index (χ2v) is 5.95. The molecule has 0 heterocycles. The van der Waals surface area contributed by atoms with Crippen molar-refractivity contribution in [2.75, 3.05) is 6.54 Å². The standard InChI is InChI=1S/C12H26N2/c1-10(2)14-12(9-13)7-5-11(3,4)6-8-12/h10,14H,5-9,13H2,1-4H3. The smallest absolute Gasteiger partial charge is 0.0306 e. The van der Waals surface area contributed by atoms with Crippen LogP contribution in [-0.4, -0.2) is 18.1 Å². The van der Waals surface area contributed by atoms with Gasteiger partial charge >= 0.3 is 0 Å². The number of nitrogens with two attached hydrogens (primary N) is 1. The van der Waals surface area contributed by atoms with E-state index < -0.39 is 0 Å². The van der Waals surface area contributed by atoms with E-state index in [0.29, 0.717) is 11.5 Å². The first-order valence-corrected chi connectivity index (χ1v) is 5.87. The molecule has 0 spiro atoms. The van der Waals surface area contributed by atoms with Gasteiger partial charge in [0.15, 0.2) is 0 Å². The number of hydrogen-bond donors (Lipinski definition) is 2. The maximum absolute atomic E-state index is 5.91. The van der Waals surface area contributed by atoms with Gasteiger partial charge in [-0.15, -0.1) is 0 Å². The molecule has 2 heteroatoms. The van der Waals surface area contributed by atoms with E-state index in [9.17, 15) is 0 Å². The van der Waals surface area contributed by atoms with Crippen molar-refractivity contribution in [2.45, 2.75) is 65.0 Å². The zero-order valence-corrected chi connectivity index (χ0v) is 10.2. The molecule has 84 valence electrons. The summed E-state index contributed by atoms with van der Waals surface area (Å²) in [4.78, 5) is 0. The Labute approximate surface area is 88.6 Å². The zero-order chi connectivity index (χ0) is 10.8. The Kier molecular flexibility index (Phi) is 3.59. The topological polar surface area (TPSA) is 38.0 Å². The fraction of sp³-hybridized carbons (Fsp3) is 1.00. The van der Waals surface area contributed by atoms with E-state index in [1.807, 2.05) is 0 Å². The van der Waals surface area contributed by atoms with Gasteiger partial charge in [-0.1, -0.05) is 27.7 Å². The predicted octanol–water partition coefficient (Wildman–Crippen LogP) is 2.28. The van der Waals surface area contributed by atoms with Crippen LogP contribution in [0.15, 0.2) is 0 Å². The molecule has 0 aromatic heterocycles. The first-order valence-electron chi connectivity index (χ1n) is 5.87. The van der Waals surface area contributed by atoms with E-state index in [1.54, 1.807) is 0 Å². The highest BCUT2D eigenvalue weighted by molar-refractivity contribution is 4.96. The summed E-state index contributed by atoms with van der Waals surface area (Å²) >= 11 is 0. The molecule has 0 aliphatic heterocycles. The van der Waals surface area contributed by atoms with Crippen LogP contribution >= 0.6 is 0 Å². The summed E-state index contributed by atoms with van der Waals surface area (Å²) in [6.45, 7) is 9.92. The van der Waals surface area contributed by atoms with Gasteiger partial charge in [-0.3, -0.25) is 0 Å². The highest BCUT2D eigenvalue weighted by Gasteiger charge is 2.37. The van der Waals surface area contributed by atoms with Gasteiger partial charge in [0.1, 0.15) is 0 Å². The maximum atomic E-state index is 5.91. The van der Waals surface area contributed by atoms with Crippen LogP contribution in [0.25, 0.3) is 0 Å². The Bertz CT molecular complexity index is 175. The molecule has 0 aromatic rings. The van der Waals surface area contributed by atoms with Gasteiger partial charge in [0, 0.05) is 18.1 Å². The molecule has 1 fully saturated rings. The first-order chi connectivity index (χ1) is 6.39. The van der Waals surface area contributed by atoms with E-state index in [4.69, 9.17) is 5.73 Å². The number of rotatable bonds is 3. The lowest BCUT2D eigenvalue weighted by atomic mass is 9.69. The average molecular weight is 198 g/mol. The van der Waals surface area contributed by atoms with E-state index in [0.717, 1.165) is 6.54 Å². The Morgan fingerprint density at radius 1 is 1.14 bits per heavy atom. The largest absolute Gasteiger partial charge is 0.329 e. The van der Waals surface area contributed by atoms with Crippen molar-refractivity contribution < 1.29 is 0 Å². The first kappa shape index (κ1) is 12.0. The van der Waals surface area contributed by atoms with Crippen LogP contribution in [-0.2, 0) is 0 Å². The quantitative estimate of drug-likeness (QED) is 0.730. The minimum atomic E-state index is 0.226. The predicted molar refractivity (Wildman–Crippen MR) is 62.3 cm³/mol. The van der Waals surface area contributed by atoms with Crippen LogP contribution in [0.5, 0.6) is 0 Å². The lowest BCUT2D eigenvalue weighted by Gasteiger charge is -2.44. The van der Waals surface area contributed by atoms with Crippen LogP contribution in [0.3, 0.4) is 0 Å². The summed E-state index contributed by atoms with van der Waals surface area (Å²) in [6.07, 6.45) is 5.05. The monoisotopic (exact) mass is 198 g/mol. The van der Waals surface area contributed by atoms with Gasteiger partial charge in [0.25, 0.3) is 0 Å². The van der Waals surface area contributed by atoms with Crippen molar-refractivity contribution in [3.63, 3.8) is 0 Å². The molecule has 2 nitrogen and oxygen atoms in total. The maximum Gasteiger partial charge on any atom is 0.0306 e. The van der Waals surface area contributed by atoms with Crippen molar-refractivity contribution in [1.29, 1.82) is 0 Å². The summed E-state index contributed by atoms with van der Waals surface area (Å²) in [5.41, 5.74) is 6.66. The van der Waals surface area contributed by atoms with Crippen molar-refractivity contribution in [2.24, 2.45) is 11.1 Å². The molecule has 1 saturated carbocycles. The second-order valence-electron chi connectivity index (χ2n) is 5.95. The lowest BCUT2D eigenvalue weighted by Crippen LogP contribution is -2.56. The van der Waals surface area contributed by atoms with Crippen LogP contribution in [0, 0.1) is 5.41 Å². The van der Waals surface area contributed by atoms with Crippen LogP contribution in [0.1, 0.15) is 53.4 Å². The van der Waals surface area contributed by atoms with E-state index >= 15 is 0 Å². The van der Waals surface area contributed by atoms with Gasteiger partial charge in [0.05, 0.1) is 0 Å². The highest BCUT2D eigenvalue weighted by Crippen LogP contribution is 2.39. The Hall–Kier alpha value is -0.0800. The van der Waals surface area contributed by atoms with Crippen molar-refractivity contribution in [3.8, 4) is 0 Å². The molecular weight excluding hydrogens is 172 g/mol. The lowest BCUT2D eigenvalue weighted by molar-refractivity contribution is 0.132. The average Bonchev–Trinajstić information content (AvgIpc) is 2.09. The molecule has 0 unspecified atom stereocenters. The van der Waals surface area contributed by atoms with E-state index in [1.165, 1.54) is 25.7 Å². The Balaban J connectivity index is 2.57. The van der Waals surface area contributed by atoms with Crippen LogP contribution in [0.2, 0.25) is 0 Å². The highest BCUT2D eigenvalue weighted by atomic mass is 15.0. The molecule has 14 heavy (non-hydrogen) atoms. The Morgan fingerprint density at radius 2 is 1.64 bits per heavy atom. The van der Waals surface area contributed by atoms with E-state index in [-0.39, 0.29) is 5.54 Å². The van der Waals surface area contributed by atoms with Gasteiger partial charge in [-0.25, -0.2) is 0 Å². The molecule has 0 aromatic carbocycles. The van der Waals surface area contributed by atoms with E-state index in [2.05, 4.69) is 33.0 Å². The fourth-order valence-electron chi connectivity index (χ4n) is 2.43. The summed E-state index contributed by atoms with van der Waals surface area (Å²) in [5.74, 6) is 0. The van der Waals surface area contributed by atoms with Gasteiger partial charge < -0.3 is 11.1 Å².